The van der Waals surface area contributed by atoms with Gasteiger partial charge in [0.1, 0.15) is 11.9 Å². The summed E-state index contributed by atoms with van der Waals surface area (Å²) in [5, 5.41) is 0. The molecule has 1 aromatic rings. The molecule has 0 aliphatic rings. The quantitative estimate of drug-likeness (QED) is 0.431. The zero-order chi connectivity index (χ0) is 11.1. The van der Waals surface area contributed by atoms with E-state index in [-0.39, 0.29) is 6.10 Å². The lowest BCUT2D eigenvalue weighted by Gasteiger charge is -2.09. The van der Waals surface area contributed by atoms with Crippen molar-refractivity contribution in [3.05, 3.63) is 30.3 Å². The predicted molar refractivity (Wildman–Crippen MR) is 56.5 cm³/mol. The Kier molecular flexibility index (Phi) is 4.24. The minimum Gasteiger partial charge on any atom is -0.430 e. The van der Waals surface area contributed by atoms with Crippen molar-refractivity contribution in [2.24, 2.45) is 0 Å². The summed E-state index contributed by atoms with van der Waals surface area (Å²) in [5.74, 6) is 2.86. The molecule has 1 aromatic carbocycles. The highest BCUT2D eigenvalue weighted by atomic mass is 16.7. The number of terminal acetylenes is 1. The van der Waals surface area contributed by atoms with Crippen LogP contribution in [0.15, 0.2) is 30.3 Å². The average Bonchev–Trinajstić information content (AvgIpc) is 2.19. The topological polar surface area (TPSA) is 35.5 Å². The molecule has 0 spiro atoms. The largest absolute Gasteiger partial charge is 0.514 e. The summed E-state index contributed by atoms with van der Waals surface area (Å²) < 4.78 is 9.79. The molecule has 0 saturated heterocycles. The van der Waals surface area contributed by atoms with Gasteiger partial charge in [0.15, 0.2) is 0 Å². The molecule has 0 heterocycles. The van der Waals surface area contributed by atoms with Crippen LogP contribution in [0.25, 0.3) is 0 Å². The van der Waals surface area contributed by atoms with Crippen molar-refractivity contribution in [2.75, 3.05) is 0 Å². The predicted octanol–water partition coefficient (Wildman–Crippen LogP) is 2.61. The molecule has 0 bridgehead atoms. The number of rotatable bonds is 3. The molecule has 1 atom stereocenters. The van der Waals surface area contributed by atoms with E-state index in [1.165, 1.54) is 0 Å². The lowest BCUT2D eigenvalue weighted by molar-refractivity contribution is 0.0678. The summed E-state index contributed by atoms with van der Waals surface area (Å²) in [6.07, 6.45) is 4.39. The fourth-order valence-corrected chi connectivity index (χ4v) is 0.981. The van der Waals surface area contributed by atoms with E-state index in [1.54, 1.807) is 31.2 Å². The van der Waals surface area contributed by atoms with Crippen molar-refractivity contribution in [1.29, 1.82) is 0 Å². The van der Waals surface area contributed by atoms with E-state index >= 15 is 0 Å². The highest BCUT2D eigenvalue weighted by molar-refractivity contribution is 5.63. The molecule has 3 heteroatoms. The standard InChI is InChI=1S/C12H12O3/c1-3-7-10(2)14-12(13)15-11-8-5-4-6-9-11/h1,4-6,8-10H,7H2,2H3. The molecular weight excluding hydrogens is 192 g/mol. The summed E-state index contributed by atoms with van der Waals surface area (Å²) in [4.78, 5) is 11.2. The summed E-state index contributed by atoms with van der Waals surface area (Å²) in [6, 6.07) is 8.72. The van der Waals surface area contributed by atoms with Gasteiger partial charge in [0.2, 0.25) is 0 Å². The van der Waals surface area contributed by atoms with Gasteiger partial charge >= 0.3 is 6.16 Å². The minimum atomic E-state index is -0.732. The van der Waals surface area contributed by atoms with Crippen molar-refractivity contribution in [1.82, 2.24) is 0 Å². The second kappa shape index (κ2) is 5.71. The molecule has 0 amide bonds. The van der Waals surface area contributed by atoms with Crippen LogP contribution in [0.3, 0.4) is 0 Å². The number of hydrogen-bond donors (Lipinski definition) is 0. The monoisotopic (exact) mass is 204 g/mol. The molecule has 0 N–H and O–H groups in total. The van der Waals surface area contributed by atoms with Gasteiger partial charge in [0, 0.05) is 6.42 Å². The van der Waals surface area contributed by atoms with E-state index in [2.05, 4.69) is 5.92 Å². The van der Waals surface area contributed by atoms with Crippen molar-refractivity contribution >= 4 is 6.16 Å². The normalized spacial score (nSPS) is 11.2. The van der Waals surface area contributed by atoms with E-state index in [0.29, 0.717) is 12.2 Å². The van der Waals surface area contributed by atoms with E-state index < -0.39 is 6.16 Å². The Hall–Kier alpha value is -1.95. The third-order valence-electron chi connectivity index (χ3n) is 1.65. The third-order valence-corrected chi connectivity index (χ3v) is 1.65. The van der Waals surface area contributed by atoms with Gasteiger partial charge in [-0.2, -0.15) is 0 Å². The van der Waals surface area contributed by atoms with Crippen LogP contribution in [0.5, 0.6) is 5.75 Å². The number of benzene rings is 1. The maximum atomic E-state index is 11.2. The Balaban J connectivity index is 2.41. The first-order chi connectivity index (χ1) is 7.22. The maximum absolute atomic E-state index is 11.2. The van der Waals surface area contributed by atoms with Gasteiger partial charge < -0.3 is 9.47 Å². The molecule has 0 saturated carbocycles. The van der Waals surface area contributed by atoms with Crippen molar-refractivity contribution in [2.45, 2.75) is 19.4 Å². The van der Waals surface area contributed by atoms with Crippen LogP contribution in [-0.2, 0) is 4.74 Å². The summed E-state index contributed by atoms with van der Waals surface area (Å²) in [6.45, 7) is 1.71. The van der Waals surface area contributed by atoms with Crippen molar-refractivity contribution in [3.8, 4) is 18.1 Å². The Morgan fingerprint density at radius 2 is 2.13 bits per heavy atom. The van der Waals surface area contributed by atoms with Crippen LogP contribution in [0, 0.1) is 12.3 Å². The molecule has 78 valence electrons. The van der Waals surface area contributed by atoms with Gasteiger partial charge in [-0.15, -0.1) is 12.3 Å². The van der Waals surface area contributed by atoms with Gasteiger partial charge in [-0.1, -0.05) is 18.2 Å². The highest BCUT2D eigenvalue weighted by Crippen LogP contribution is 2.10. The lowest BCUT2D eigenvalue weighted by Crippen LogP contribution is -2.17. The maximum Gasteiger partial charge on any atom is 0.514 e. The lowest BCUT2D eigenvalue weighted by atomic mass is 10.3. The van der Waals surface area contributed by atoms with Crippen LogP contribution < -0.4 is 4.74 Å². The molecule has 0 aromatic heterocycles. The van der Waals surface area contributed by atoms with E-state index in [9.17, 15) is 4.79 Å². The molecule has 0 fully saturated rings. The second-order valence-corrected chi connectivity index (χ2v) is 3.00. The second-order valence-electron chi connectivity index (χ2n) is 3.00. The molecule has 0 radical (unpaired) electrons. The Morgan fingerprint density at radius 3 is 2.73 bits per heavy atom. The molecule has 3 nitrogen and oxygen atoms in total. The number of carbonyl (C=O) groups excluding carboxylic acids is 1. The average molecular weight is 204 g/mol. The Labute approximate surface area is 89.0 Å². The zero-order valence-electron chi connectivity index (χ0n) is 8.47. The van der Waals surface area contributed by atoms with Crippen LogP contribution in [0.4, 0.5) is 4.79 Å². The first-order valence-electron chi connectivity index (χ1n) is 4.59. The Morgan fingerprint density at radius 1 is 1.47 bits per heavy atom. The van der Waals surface area contributed by atoms with E-state index in [1.807, 2.05) is 6.07 Å². The number of carbonyl (C=O) groups is 1. The molecule has 15 heavy (non-hydrogen) atoms. The zero-order valence-corrected chi connectivity index (χ0v) is 8.47. The van der Waals surface area contributed by atoms with Gasteiger partial charge in [-0.3, -0.25) is 0 Å². The van der Waals surface area contributed by atoms with Gasteiger partial charge in [-0.25, -0.2) is 4.79 Å². The van der Waals surface area contributed by atoms with E-state index in [4.69, 9.17) is 15.9 Å². The molecule has 1 rings (SSSR count). The minimum absolute atomic E-state index is 0.328. The molecular formula is C12H12O3. The molecule has 0 aliphatic carbocycles. The smallest absolute Gasteiger partial charge is 0.430 e. The van der Waals surface area contributed by atoms with Crippen LogP contribution in [-0.4, -0.2) is 12.3 Å². The number of para-hydroxylation sites is 1. The van der Waals surface area contributed by atoms with Crippen LogP contribution >= 0.6 is 0 Å². The van der Waals surface area contributed by atoms with E-state index in [0.717, 1.165) is 0 Å². The van der Waals surface area contributed by atoms with Crippen LogP contribution in [0.2, 0.25) is 0 Å². The summed E-state index contributed by atoms with van der Waals surface area (Å²) >= 11 is 0. The van der Waals surface area contributed by atoms with Gasteiger partial charge in [0.25, 0.3) is 0 Å². The van der Waals surface area contributed by atoms with Crippen LogP contribution in [0.1, 0.15) is 13.3 Å². The van der Waals surface area contributed by atoms with Crippen molar-refractivity contribution < 1.29 is 14.3 Å². The third kappa shape index (κ3) is 4.19. The first kappa shape index (κ1) is 11.1. The Bertz CT molecular complexity index is 351. The van der Waals surface area contributed by atoms with Gasteiger partial charge in [-0.05, 0) is 19.1 Å². The number of ether oxygens (including phenoxy) is 2. The molecule has 0 aliphatic heterocycles. The molecule has 1 unspecified atom stereocenters. The summed E-state index contributed by atoms with van der Waals surface area (Å²) in [5.41, 5.74) is 0. The highest BCUT2D eigenvalue weighted by Gasteiger charge is 2.10. The summed E-state index contributed by atoms with van der Waals surface area (Å²) in [7, 11) is 0. The van der Waals surface area contributed by atoms with Crippen molar-refractivity contribution in [3.63, 3.8) is 0 Å². The number of hydrogen-bond acceptors (Lipinski definition) is 3. The fourth-order valence-electron chi connectivity index (χ4n) is 0.981. The SMILES string of the molecule is C#CCC(C)OC(=O)Oc1ccccc1. The fraction of sp³-hybridized carbons (Fsp3) is 0.250. The first-order valence-corrected chi connectivity index (χ1v) is 4.59. The van der Waals surface area contributed by atoms with Gasteiger partial charge in [0.05, 0.1) is 0 Å².